The van der Waals surface area contributed by atoms with E-state index in [-0.39, 0.29) is 18.6 Å². The molecule has 0 saturated heterocycles. The maximum atomic E-state index is 12.7. The number of anilines is 1. The number of nitrogens with one attached hydrogen (secondary N) is 1. The van der Waals surface area contributed by atoms with Gasteiger partial charge in [-0.1, -0.05) is 12.8 Å². The minimum atomic E-state index is -3.60. The van der Waals surface area contributed by atoms with Gasteiger partial charge in [0.1, 0.15) is 0 Å². The molecule has 2 rings (SSSR count). The second kappa shape index (κ2) is 6.34. The van der Waals surface area contributed by atoms with Gasteiger partial charge in [0, 0.05) is 18.3 Å². The van der Waals surface area contributed by atoms with Gasteiger partial charge in [-0.2, -0.15) is 0 Å². The van der Waals surface area contributed by atoms with Crippen molar-refractivity contribution in [3.05, 3.63) is 23.3 Å². The molecule has 6 heteroatoms. The van der Waals surface area contributed by atoms with Gasteiger partial charge in [0.2, 0.25) is 10.0 Å². The Kier molecular flexibility index (Phi) is 4.91. The van der Waals surface area contributed by atoms with Gasteiger partial charge in [-0.25, -0.2) is 13.1 Å². The van der Waals surface area contributed by atoms with Crippen LogP contribution in [0.4, 0.5) is 5.69 Å². The molecule has 1 aromatic rings. The molecule has 0 heterocycles. The van der Waals surface area contributed by atoms with Crippen molar-refractivity contribution in [1.82, 2.24) is 4.72 Å². The highest BCUT2D eigenvalue weighted by Gasteiger charge is 2.30. The van der Waals surface area contributed by atoms with Gasteiger partial charge in [-0.3, -0.25) is 0 Å². The highest BCUT2D eigenvalue weighted by molar-refractivity contribution is 7.89. The first-order valence-electron chi connectivity index (χ1n) is 7.35. The first-order valence-corrected chi connectivity index (χ1v) is 8.83. The van der Waals surface area contributed by atoms with E-state index in [0.717, 1.165) is 25.7 Å². The van der Waals surface area contributed by atoms with Crippen LogP contribution in [0.5, 0.6) is 0 Å². The molecule has 0 aliphatic heterocycles. The van der Waals surface area contributed by atoms with Crippen LogP contribution in [0.1, 0.15) is 36.8 Å². The number of nitrogen functional groups attached to an aromatic ring is 1. The van der Waals surface area contributed by atoms with Crippen LogP contribution in [0.3, 0.4) is 0 Å². The Bertz CT molecular complexity index is 590. The standard InChI is InChI=1S/C15H24N2O3S/c1-10-7-13(16)8-11(2)15(10)21(19,20)17-14-6-4-3-5-12(14)9-18/h7-8,12,14,17-18H,3-6,9,16H2,1-2H3. The summed E-state index contributed by atoms with van der Waals surface area (Å²) in [5.41, 5.74) is 7.61. The topological polar surface area (TPSA) is 92.4 Å². The molecule has 1 aromatic carbocycles. The van der Waals surface area contributed by atoms with Gasteiger partial charge in [-0.05, 0) is 55.9 Å². The quantitative estimate of drug-likeness (QED) is 0.738. The number of rotatable bonds is 4. The average molecular weight is 312 g/mol. The number of aliphatic hydroxyl groups excluding tert-OH is 1. The summed E-state index contributed by atoms with van der Waals surface area (Å²) in [6.07, 6.45) is 3.67. The average Bonchev–Trinajstić information content (AvgIpc) is 2.37. The summed E-state index contributed by atoms with van der Waals surface area (Å²) in [5.74, 6) is 0.00270. The number of nitrogens with two attached hydrogens (primary N) is 1. The Balaban J connectivity index is 2.30. The summed E-state index contributed by atoms with van der Waals surface area (Å²) in [6, 6.07) is 3.16. The molecule has 1 aliphatic rings. The van der Waals surface area contributed by atoms with E-state index in [1.165, 1.54) is 0 Å². The molecular formula is C15H24N2O3S. The molecule has 0 radical (unpaired) electrons. The third kappa shape index (κ3) is 3.56. The zero-order chi connectivity index (χ0) is 15.6. The van der Waals surface area contributed by atoms with E-state index in [4.69, 9.17) is 5.73 Å². The van der Waals surface area contributed by atoms with Crippen LogP contribution in [0.15, 0.2) is 17.0 Å². The summed E-state index contributed by atoms with van der Waals surface area (Å²) in [4.78, 5) is 0.305. The Labute approximate surface area is 126 Å². The maximum Gasteiger partial charge on any atom is 0.241 e. The minimum absolute atomic E-state index is 0.00270. The summed E-state index contributed by atoms with van der Waals surface area (Å²) in [7, 11) is -3.60. The second-order valence-electron chi connectivity index (χ2n) is 5.94. The maximum absolute atomic E-state index is 12.7. The van der Waals surface area contributed by atoms with Gasteiger partial charge in [0.05, 0.1) is 4.90 Å². The van der Waals surface area contributed by atoms with Crippen LogP contribution in [0.25, 0.3) is 0 Å². The molecule has 2 unspecified atom stereocenters. The van der Waals surface area contributed by atoms with Crippen LogP contribution in [-0.4, -0.2) is 26.2 Å². The van der Waals surface area contributed by atoms with E-state index in [2.05, 4.69) is 4.72 Å². The SMILES string of the molecule is Cc1cc(N)cc(C)c1S(=O)(=O)NC1CCCCC1CO. The van der Waals surface area contributed by atoms with Crippen LogP contribution in [-0.2, 0) is 10.0 Å². The van der Waals surface area contributed by atoms with Gasteiger partial charge in [0.15, 0.2) is 0 Å². The molecule has 1 saturated carbocycles. The number of hydrogen-bond acceptors (Lipinski definition) is 4. The van der Waals surface area contributed by atoms with Crippen LogP contribution < -0.4 is 10.5 Å². The fourth-order valence-electron chi connectivity index (χ4n) is 3.25. The van der Waals surface area contributed by atoms with E-state index in [9.17, 15) is 13.5 Å². The lowest BCUT2D eigenvalue weighted by Crippen LogP contribution is -2.43. The highest BCUT2D eigenvalue weighted by atomic mass is 32.2. The van der Waals surface area contributed by atoms with Gasteiger partial charge >= 0.3 is 0 Å². The molecule has 0 amide bonds. The zero-order valence-electron chi connectivity index (χ0n) is 12.6. The monoisotopic (exact) mass is 312 g/mol. The first-order chi connectivity index (χ1) is 9.85. The summed E-state index contributed by atoms with van der Waals surface area (Å²) >= 11 is 0. The van der Waals surface area contributed by atoms with E-state index in [1.807, 2.05) is 0 Å². The third-order valence-corrected chi connectivity index (χ3v) is 6.00. The van der Waals surface area contributed by atoms with Crippen molar-refractivity contribution in [3.8, 4) is 0 Å². The van der Waals surface area contributed by atoms with E-state index in [1.54, 1.807) is 26.0 Å². The number of benzene rings is 1. The highest BCUT2D eigenvalue weighted by Crippen LogP contribution is 2.28. The second-order valence-corrected chi connectivity index (χ2v) is 7.59. The molecule has 0 spiro atoms. The van der Waals surface area contributed by atoms with Gasteiger partial charge in [0.25, 0.3) is 0 Å². The van der Waals surface area contributed by atoms with Crippen molar-refractivity contribution < 1.29 is 13.5 Å². The Morgan fingerprint density at radius 2 is 1.81 bits per heavy atom. The largest absolute Gasteiger partial charge is 0.399 e. The molecule has 21 heavy (non-hydrogen) atoms. The zero-order valence-corrected chi connectivity index (χ0v) is 13.4. The molecule has 0 bridgehead atoms. The number of sulfonamides is 1. The number of hydrogen-bond donors (Lipinski definition) is 3. The molecule has 1 aliphatic carbocycles. The fourth-order valence-corrected chi connectivity index (χ4v) is 5.04. The van der Waals surface area contributed by atoms with Crippen LogP contribution in [0, 0.1) is 19.8 Å². The lowest BCUT2D eigenvalue weighted by Gasteiger charge is -2.31. The van der Waals surface area contributed by atoms with Crippen molar-refractivity contribution in [3.63, 3.8) is 0 Å². The Morgan fingerprint density at radius 3 is 2.38 bits per heavy atom. The molecule has 0 aromatic heterocycles. The normalized spacial score (nSPS) is 23.2. The van der Waals surface area contributed by atoms with E-state index >= 15 is 0 Å². The van der Waals surface area contributed by atoms with Crippen molar-refractivity contribution in [1.29, 1.82) is 0 Å². The fraction of sp³-hybridized carbons (Fsp3) is 0.600. The molecule has 2 atom stereocenters. The van der Waals surface area contributed by atoms with Crippen LogP contribution in [0.2, 0.25) is 0 Å². The summed E-state index contributed by atoms with van der Waals surface area (Å²) in [6.45, 7) is 3.53. The van der Waals surface area contributed by atoms with E-state index < -0.39 is 10.0 Å². The minimum Gasteiger partial charge on any atom is -0.399 e. The number of aliphatic hydroxyl groups is 1. The smallest absolute Gasteiger partial charge is 0.241 e. The Morgan fingerprint density at radius 1 is 1.24 bits per heavy atom. The first kappa shape index (κ1) is 16.3. The Hall–Kier alpha value is -1.11. The van der Waals surface area contributed by atoms with Crippen molar-refractivity contribution in [2.24, 2.45) is 5.92 Å². The lowest BCUT2D eigenvalue weighted by atomic mass is 9.86. The molecular weight excluding hydrogens is 288 g/mol. The summed E-state index contributed by atoms with van der Waals surface area (Å²) in [5, 5.41) is 9.42. The molecule has 5 nitrogen and oxygen atoms in total. The van der Waals surface area contributed by atoms with Crippen molar-refractivity contribution in [2.45, 2.75) is 50.5 Å². The van der Waals surface area contributed by atoms with Crippen molar-refractivity contribution >= 4 is 15.7 Å². The van der Waals surface area contributed by atoms with E-state index in [0.29, 0.717) is 21.7 Å². The molecule has 118 valence electrons. The predicted octanol–water partition coefficient (Wildman–Crippen LogP) is 1.72. The van der Waals surface area contributed by atoms with Gasteiger partial charge < -0.3 is 10.8 Å². The lowest BCUT2D eigenvalue weighted by molar-refractivity contribution is 0.164. The number of aryl methyl sites for hydroxylation is 2. The molecule has 4 N–H and O–H groups in total. The summed E-state index contributed by atoms with van der Waals surface area (Å²) < 4.78 is 28.1. The van der Waals surface area contributed by atoms with Gasteiger partial charge in [-0.15, -0.1) is 0 Å². The van der Waals surface area contributed by atoms with Crippen LogP contribution >= 0.6 is 0 Å². The third-order valence-electron chi connectivity index (χ3n) is 4.20. The molecule has 1 fully saturated rings. The predicted molar refractivity (Wildman–Crippen MR) is 83.5 cm³/mol. The van der Waals surface area contributed by atoms with Crippen molar-refractivity contribution in [2.75, 3.05) is 12.3 Å².